The molecule has 1 saturated heterocycles. The van der Waals surface area contributed by atoms with Gasteiger partial charge in [-0.25, -0.2) is 13.2 Å². The van der Waals surface area contributed by atoms with Crippen LogP contribution in [0.4, 0.5) is 0 Å². The Hall–Kier alpha value is -2.75. The SMILES string of the molecule is COC[C@H]1CC[C@H](CC2CCCCC2)N1Cc1ccc(C(=O)N[C@@H](CCS(C)(=O)=O)C(=O)O)c(-c2ccccc2C)c1. The summed E-state index contributed by atoms with van der Waals surface area (Å²) in [5, 5.41) is 12.3. The minimum absolute atomic E-state index is 0.198. The molecule has 2 N–H and O–H groups in total. The number of rotatable bonds is 13. The highest BCUT2D eigenvalue weighted by molar-refractivity contribution is 7.90. The van der Waals surface area contributed by atoms with Crippen LogP contribution in [-0.4, -0.2) is 74.2 Å². The van der Waals surface area contributed by atoms with Crippen LogP contribution in [-0.2, 0) is 25.9 Å². The minimum Gasteiger partial charge on any atom is -0.480 e. The predicted molar refractivity (Wildman–Crippen MR) is 165 cm³/mol. The number of carboxylic acids is 1. The van der Waals surface area contributed by atoms with Crippen molar-refractivity contribution in [3.63, 3.8) is 0 Å². The monoisotopic (exact) mass is 598 g/mol. The summed E-state index contributed by atoms with van der Waals surface area (Å²) in [5.41, 5.74) is 4.10. The number of methoxy groups -OCH3 is 1. The summed E-state index contributed by atoms with van der Waals surface area (Å²) in [7, 11) is -1.62. The van der Waals surface area contributed by atoms with Crippen LogP contribution < -0.4 is 5.32 Å². The third kappa shape index (κ3) is 8.64. The van der Waals surface area contributed by atoms with Crippen molar-refractivity contribution >= 4 is 21.7 Å². The molecule has 230 valence electrons. The highest BCUT2D eigenvalue weighted by Crippen LogP contribution is 2.36. The number of ether oxygens (including phenoxy) is 1. The fourth-order valence-corrected chi connectivity index (χ4v) is 7.39. The number of amides is 1. The summed E-state index contributed by atoms with van der Waals surface area (Å²) in [6, 6.07) is 13.2. The summed E-state index contributed by atoms with van der Waals surface area (Å²) in [6.07, 6.45) is 11.0. The number of carbonyl (C=O) groups is 2. The van der Waals surface area contributed by atoms with Gasteiger partial charge < -0.3 is 15.2 Å². The molecule has 42 heavy (non-hydrogen) atoms. The molecule has 0 bridgehead atoms. The smallest absolute Gasteiger partial charge is 0.326 e. The lowest BCUT2D eigenvalue weighted by Crippen LogP contribution is -2.42. The highest BCUT2D eigenvalue weighted by atomic mass is 32.2. The maximum Gasteiger partial charge on any atom is 0.326 e. The second-order valence-electron chi connectivity index (χ2n) is 12.2. The Balaban J connectivity index is 1.62. The lowest BCUT2D eigenvalue weighted by atomic mass is 9.84. The van der Waals surface area contributed by atoms with Gasteiger partial charge in [0.25, 0.3) is 5.91 Å². The van der Waals surface area contributed by atoms with Crippen LogP contribution in [0.25, 0.3) is 11.1 Å². The second kappa shape index (κ2) is 14.6. The first-order chi connectivity index (χ1) is 20.1. The molecule has 2 aliphatic rings. The molecule has 9 heteroatoms. The van der Waals surface area contributed by atoms with Crippen LogP contribution >= 0.6 is 0 Å². The molecule has 3 atom stereocenters. The number of sulfone groups is 1. The van der Waals surface area contributed by atoms with E-state index in [1.54, 1.807) is 13.2 Å². The Kier molecular flexibility index (Phi) is 11.2. The number of carboxylic acid groups (broad SMARTS) is 1. The number of likely N-dealkylation sites (tertiary alicyclic amines) is 1. The van der Waals surface area contributed by atoms with Gasteiger partial charge in [-0.2, -0.15) is 0 Å². The van der Waals surface area contributed by atoms with E-state index < -0.39 is 27.8 Å². The Morgan fingerprint density at radius 2 is 1.74 bits per heavy atom. The van der Waals surface area contributed by atoms with Gasteiger partial charge in [-0.1, -0.05) is 62.4 Å². The lowest BCUT2D eigenvalue weighted by molar-refractivity contribution is -0.139. The van der Waals surface area contributed by atoms with Gasteiger partial charge in [0.2, 0.25) is 0 Å². The van der Waals surface area contributed by atoms with Crippen LogP contribution in [0, 0.1) is 12.8 Å². The molecule has 2 aromatic rings. The summed E-state index contributed by atoms with van der Waals surface area (Å²) in [6.45, 7) is 3.43. The van der Waals surface area contributed by atoms with Gasteiger partial charge in [-0.05, 0) is 72.9 Å². The van der Waals surface area contributed by atoms with Gasteiger partial charge >= 0.3 is 5.97 Å². The van der Waals surface area contributed by atoms with Crippen LogP contribution in [0.3, 0.4) is 0 Å². The van der Waals surface area contributed by atoms with Crippen molar-refractivity contribution in [2.45, 2.75) is 89.4 Å². The van der Waals surface area contributed by atoms with Crippen molar-refractivity contribution in [2.24, 2.45) is 5.92 Å². The predicted octanol–water partition coefficient (Wildman–Crippen LogP) is 5.23. The number of benzene rings is 2. The van der Waals surface area contributed by atoms with Crippen molar-refractivity contribution in [1.29, 1.82) is 0 Å². The van der Waals surface area contributed by atoms with E-state index in [0.717, 1.165) is 47.4 Å². The minimum atomic E-state index is -3.38. The van der Waals surface area contributed by atoms with Crippen molar-refractivity contribution in [1.82, 2.24) is 10.2 Å². The Morgan fingerprint density at radius 3 is 2.40 bits per heavy atom. The molecular weight excluding hydrogens is 552 g/mol. The van der Waals surface area contributed by atoms with E-state index in [0.29, 0.717) is 24.3 Å². The van der Waals surface area contributed by atoms with Gasteiger partial charge in [-0.15, -0.1) is 0 Å². The van der Waals surface area contributed by atoms with Crippen molar-refractivity contribution in [3.8, 4) is 11.1 Å². The van der Waals surface area contributed by atoms with E-state index in [1.807, 2.05) is 37.3 Å². The maximum atomic E-state index is 13.5. The lowest BCUT2D eigenvalue weighted by Gasteiger charge is -2.33. The molecule has 8 nitrogen and oxygen atoms in total. The highest BCUT2D eigenvalue weighted by Gasteiger charge is 2.35. The molecule has 4 rings (SSSR count). The van der Waals surface area contributed by atoms with Gasteiger partial charge in [0.05, 0.1) is 12.4 Å². The number of carbonyl (C=O) groups excluding carboxylic acids is 1. The van der Waals surface area contributed by atoms with Gasteiger partial charge in [0.15, 0.2) is 0 Å². The zero-order valence-electron chi connectivity index (χ0n) is 25.2. The molecule has 1 amide bonds. The first-order valence-corrected chi connectivity index (χ1v) is 17.3. The number of nitrogens with zero attached hydrogens (tertiary/aromatic N) is 1. The van der Waals surface area contributed by atoms with Crippen molar-refractivity contribution < 1.29 is 27.9 Å². The van der Waals surface area contributed by atoms with E-state index in [1.165, 1.54) is 44.9 Å². The molecule has 1 saturated carbocycles. The molecule has 2 fully saturated rings. The summed E-state index contributed by atoms with van der Waals surface area (Å²) in [4.78, 5) is 28.0. The first-order valence-electron chi connectivity index (χ1n) is 15.2. The zero-order valence-corrected chi connectivity index (χ0v) is 26.0. The van der Waals surface area contributed by atoms with E-state index >= 15 is 0 Å². The second-order valence-corrected chi connectivity index (χ2v) is 14.5. The molecule has 0 radical (unpaired) electrons. The Bertz CT molecular complexity index is 1340. The largest absolute Gasteiger partial charge is 0.480 e. The number of nitrogens with one attached hydrogen (secondary N) is 1. The van der Waals surface area contributed by atoms with Crippen LogP contribution in [0.1, 0.15) is 79.3 Å². The molecule has 1 aliphatic carbocycles. The van der Waals surface area contributed by atoms with E-state index in [4.69, 9.17) is 4.74 Å². The van der Waals surface area contributed by atoms with Crippen molar-refractivity contribution in [3.05, 3.63) is 59.2 Å². The molecule has 2 aromatic carbocycles. The summed E-state index contributed by atoms with van der Waals surface area (Å²) in [5.74, 6) is -1.34. The molecular formula is C33H46N2O6S. The average Bonchev–Trinajstić information content (AvgIpc) is 3.31. The molecule has 0 aromatic heterocycles. The fourth-order valence-electron chi connectivity index (χ4n) is 6.73. The molecule has 0 spiro atoms. The number of aliphatic carboxylic acids is 1. The topological polar surface area (TPSA) is 113 Å². The maximum absolute atomic E-state index is 13.5. The molecule has 1 aliphatic heterocycles. The Morgan fingerprint density at radius 1 is 1.02 bits per heavy atom. The van der Waals surface area contributed by atoms with Crippen molar-refractivity contribution in [2.75, 3.05) is 25.7 Å². The summed E-state index contributed by atoms with van der Waals surface area (Å²) < 4.78 is 28.9. The van der Waals surface area contributed by atoms with E-state index in [9.17, 15) is 23.1 Å². The van der Waals surface area contributed by atoms with Gasteiger partial charge in [0, 0.05) is 37.6 Å². The van der Waals surface area contributed by atoms with Crippen LogP contribution in [0.2, 0.25) is 0 Å². The van der Waals surface area contributed by atoms with E-state index in [-0.39, 0.29) is 12.2 Å². The number of hydrogen-bond acceptors (Lipinski definition) is 6. The summed E-state index contributed by atoms with van der Waals surface area (Å²) >= 11 is 0. The fraction of sp³-hybridized carbons (Fsp3) is 0.576. The standard InChI is InChI=1S/C33H46N2O6S/c1-23-9-7-8-12-28(23)30-20-25(13-16-29(30)32(36)34-31(33(37)38)17-18-42(3,39)40)21-35-26(14-15-27(35)22-41-2)19-24-10-5-4-6-11-24/h7-9,12-13,16,20,24,26-27,31H,4-6,10-11,14-15,17-19,21-22H2,1-3H3,(H,34,36)(H,37,38)/t26-,27-,31+/m1/s1. The van der Waals surface area contributed by atoms with Crippen LogP contribution in [0.5, 0.6) is 0 Å². The van der Waals surface area contributed by atoms with Gasteiger partial charge in [0.1, 0.15) is 15.9 Å². The average molecular weight is 599 g/mol. The molecule has 1 heterocycles. The Labute approximate surface area is 250 Å². The zero-order chi connectivity index (χ0) is 30.3. The third-order valence-electron chi connectivity index (χ3n) is 8.97. The quantitative estimate of drug-likeness (QED) is 0.325. The first kappa shape index (κ1) is 32.2. The number of aryl methyl sites for hydroxylation is 1. The van der Waals surface area contributed by atoms with E-state index in [2.05, 4.69) is 16.3 Å². The third-order valence-corrected chi connectivity index (χ3v) is 9.95. The van der Waals surface area contributed by atoms with Crippen LogP contribution in [0.15, 0.2) is 42.5 Å². The molecule has 0 unspecified atom stereocenters. The normalized spacial score (nSPS) is 20.8. The van der Waals surface area contributed by atoms with Gasteiger partial charge in [-0.3, -0.25) is 9.69 Å². The number of hydrogen-bond donors (Lipinski definition) is 2.